The third-order valence-corrected chi connectivity index (χ3v) is 3.56. The number of fused-ring (bicyclic) bond motifs is 1. The number of carbonyl (C=O) groups excluding carboxylic acids is 1. The number of halogens is 2. The molecule has 0 amide bonds. The minimum absolute atomic E-state index is 0.0694. The summed E-state index contributed by atoms with van der Waals surface area (Å²) in [6.45, 7) is 0. The zero-order valence-electron chi connectivity index (χ0n) is 10.4. The van der Waals surface area contributed by atoms with Crippen molar-refractivity contribution in [1.82, 2.24) is 0 Å². The summed E-state index contributed by atoms with van der Waals surface area (Å²) >= 11 is 6.13. The van der Waals surface area contributed by atoms with Crippen LogP contribution in [-0.2, 0) is 0 Å². The average Bonchev–Trinajstić information content (AvgIpc) is 2.48. The maximum Gasteiger partial charge on any atom is 0.196 e. The molecule has 0 saturated heterocycles. The first-order valence-electron chi connectivity index (χ1n) is 6.15. The van der Waals surface area contributed by atoms with Gasteiger partial charge in [-0.25, -0.2) is 4.39 Å². The van der Waals surface area contributed by atoms with Gasteiger partial charge in [0.25, 0.3) is 0 Å². The highest BCUT2D eigenvalue weighted by Gasteiger charge is 2.16. The molecule has 0 aromatic heterocycles. The average molecular weight is 285 g/mol. The third kappa shape index (κ3) is 2.08. The fourth-order valence-corrected chi connectivity index (χ4v) is 2.48. The minimum Gasteiger partial charge on any atom is -0.288 e. The highest BCUT2D eigenvalue weighted by atomic mass is 35.5. The molecule has 0 aliphatic heterocycles. The normalized spacial score (nSPS) is 10.7. The van der Waals surface area contributed by atoms with Crippen molar-refractivity contribution in [2.75, 3.05) is 0 Å². The molecule has 3 heteroatoms. The molecule has 0 aliphatic carbocycles. The zero-order chi connectivity index (χ0) is 14.1. The maximum absolute atomic E-state index is 13.8. The second-order valence-electron chi connectivity index (χ2n) is 4.45. The number of rotatable bonds is 2. The van der Waals surface area contributed by atoms with Gasteiger partial charge in [0.05, 0.1) is 5.56 Å². The Morgan fingerprint density at radius 1 is 0.800 bits per heavy atom. The van der Waals surface area contributed by atoms with E-state index in [-0.39, 0.29) is 11.3 Å². The van der Waals surface area contributed by atoms with Gasteiger partial charge in [-0.05, 0) is 29.7 Å². The Labute approximate surface area is 120 Å². The minimum atomic E-state index is -0.517. The summed E-state index contributed by atoms with van der Waals surface area (Å²) in [7, 11) is 0. The molecule has 3 aromatic rings. The van der Waals surface area contributed by atoms with Crippen LogP contribution >= 0.6 is 11.6 Å². The van der Waals surface area contributed by atoms with E-state index in [0.29, 0.717) is 10.6 Å². The van der Waals surface area contributed by atoms with Crippen molar-refractivity contribution in [1.29, 1.82) is 0 Å². The van der Waals surface area contributed by atoms with Crippen LogP contribution in [-0.4, -0.2) is 5.78 Å². The summed E-state index contributed by atoms with van der Waals surface area (Å²) < 4.78 is 13.8. The third-order valence-electron chi connectivity index (χ3n) is 3.23. The molecular formula is C17H10ClFO. The van der Waals surface area contributed by atoms with E-state index in [1.807, 2.05) is 24.3 Å². The molecule has 3 rings (SSSR count). The molecule has 0 unspecified atom stereocenters. The van der Waals surface area contributed by atoms with E-state index in [2.05, 4.69) is 0 Å². The van der Waals surface area contributed by atoms with Gasteiger partial charge in [-0.15, -0.1) is 0 Å². The van der Waals surface area contributed by atoms with Gasteiger partial charge in [-0.1, -0.05) is 48.0 Å². The van der Waals surface area contributed by atoms with Crippen LogP contribution in [0.15, 0.2) is 60.7 Å². The van der Waals surface area contributed by atoms with Crippen molar-refractivity contribution in [3.05, 3.63) is 82.6 Å². The van der Waals surface area contributed by atoms with Crippen molar-refractivity contribution >= 4 is 28.2 Å². The lowest BCUT2D eigenvalue weighted by atomic mass is 9.97. The van der Waals surface area contributed by atoms with E-state index in [4.69, 9.17) is 11.6 Å². The second kappa shape index (κ2) is 5.06. The molecule has 0 spiro atoms. The van der Waals surface area contributed by atoms with Gasteiger partial charge in [0.15, 0.2) is 5.78 Å². The van der Waals surface area contributed by atoms with Crippen LogP contribution in [0.2, 0.25) is 5.02 Å². The number of hydrogen-bond donors (Lipinski definition) is 0. The summed E-state index contributed by atoms with van der Waals surface area (Å²) in [5.41, 5.74) is 0.523. The molecule has 0 fully saturated rings. The quantitative estimate of drug-likeness (QED) is 0.614. The first-order valence-corrected chi connectivity index (χ1v) is 6.53. The molecule has 3 aromatic carbocycles. The summed E-state index contributed by atoms with van der Waals surface area (Å²) in [5, 5.41) is 2.09. The van der Waals surface area contributed by atoms with Crippen molar-refractivity contribution in [2.24, 2.45) is 0 Å². The van der Waals surface area contributed by atoms with Crippen LogP contribution in [0.25, 0.3) is 10.8 Å². The molecule has 0 bridgehead atoms. The van der Waals surface area contributed by atoms with Gasteiger partial charge < -0.3 is 0 Å². The Balaban J connectivity index is 2.23. The van der Waals surface area contributed by atoms with Crippen LogP contribution in [0, 0.1) is 5.82 Å². The lowest BCUT2D eigenvalue weighted by Crippen LogP contribution is -2.04. The Hall–Kier alpha value is -2.19. The van der Waals surface area contributed by atoms with Gasteiger partial charge in [0, 0.05) is 16.0 Å². The molecular weight excluding hydrogens is 275 g/mol. The van der Waals surface area contributed by atoms with E-state index in [1.54, 1.807) is 24.3 Å². The van der Waals surface area contributed by atoms with E-state index >= 15 is 0 Å². The predicted octanol–water partition coefficient (Wildman–Crippen LogP) is 4.86. The second-order valence-corrected chi connectivity index (χ2v) is 4.86. The largest absolute Gasteiger partial charge is 0.288 e. The Bertz CT molecular complexity index is 811. The Morgan fingerprint density at radius 2 is 1.45 bits per heavy atom. The number of hydrogen-bond acceptors (Lipinski definition) is 1. The molecule has 0 heterocycles. The van der Waals surface area contributed by atoms with Gasteiger partial charge >= 0.3 is 0 Å². The van der Waals surface area contributed by atoms with Crippen LogP contribution in [0.5, 0.6) is 0 Å². The molecule has 0 radical (unpaired) electrons. The van der Waals surface area contributed by atoms with Crippen molar-refractivity contribution < 1.29 is 9.18 Å². The molecule has 0 saturated carbocycles. The highest BCUT2D eigenvalue weighted by Crippen LogP contribution is 2.28. The molecule has 20 heavy (non-hydrogen) atoms. The molecule has 0 atom stereocenters. The Kier molecular flexibility index (Phi) is 3.25. The molecule has 0 aliphatic rings. The fourth-order valence-electron chi connectivity index (χ4n) is 2.25. The predicted molar refractivity (Wildman–Crippen MR) is 78.8 cm³/mol. The standard InChI is InChI=1S/C17H10ClFO/c18-15-10-9-13(11-5-1-2-6-12(11)15)17(20)14-7-3-4-8-16(14)19/h1-10H. The topological polar surface area (TPSA) is 17.1 Å². The first kappa shape index (κ1) is 12.8. The lowest BCUT2D eigenvalue weighted by molar-refractivity contribution is 0.103. The summed E-state index contributed by atoms with van der Waals surface area (Å²) in [6, 6.07) is 16.6. The Morgan fingerprint density at radius 3 is 2.20 bits per heavy atom. The summed E-state index contributed by atoms with van der Waals surface area (Å²) in [5.74, 6) is -0.854. The number of benzene rings is 3. The van der Waals surface area contributed by atoms with E-state index < -0.39 is 5.82 Å². The van der Waals surface area contributed by atoms with Gasteiger partial charge in [0.1, 0.15) is 5.82 Å². The SMILES string of the molecule is O=C(c1ccccc1F)c1ccc(Cl)c2ccccc12. The number of ketones is 1. The summed E-state index contributed by atoms with van der Waals surface area (Å²) in [6.07, 6.45) is 0. The van der Waals surface area contributed by atoms with Crippen LogP contribution < -0.4 is 0 Å². The lowest BCUT2D eigenvalue weighted by Gasteiger charge is -2.08. The zero-order valence-corrected chi connectivity index (χ0v) is 11.2. The van der Waals surface area contributed by atoms with Gasteiger partial charge in [-0.3, -0.25) is 4.79 Å². The van der Waals surface area contributed by atoms with Crippen molar-refractivity contribution in [2.45, 2.75) is 0 Å². The van der Waals surface area contributed by atoms with Crippen molar-refractivity contribution in [3.8, 4) is 0 Å². The maximum atomic E-state index is 13.8. The van der Waals surface area contributed by atoms with Crippen LogP contribution in [0.4, 0.5) is 4.39 Å². The molecule has 98 valence electrons. The number of carbonyl (C=O) groups is 1. The molecule has 1 nitrogen and oxygen atoms in total. The van der Waals surface area contributed by atoms with Crippen LogP contribution in [0.3, 0.4) is 0 Å². The van der Waals surface area contributed by atoms with E-state index in [0.717, 1.165) is 10.8 Å². The van der Waals surface area contributed by atoms with Crippen molar-refractivity contribution in [3.63, 3.8) is 0 Å². The van der Waals surface area contributed by atoms with Gasteiger partial charge in [-0.2, -0.15) is 0 Å². The van der Waals surface area contributed by atoms with Crippen LogP contribution in [0.1, 0.15) is 15.9 Å². The molecule has 0 N–H and O–H groups in total. The highest BCUT2D eigenvalue weighted by molar-refractivity contribution is 6.36. The summed E-state index contributed by atoms with van der Waals surface area (Å²) in [4.78, 5) is 12.5. The smallest absolute Gasteiger partial charge is 0.196 e. The van der Waals surface area contributed by atoms with Gasteiger partial charge in [0.2, 0.25) is 0 Å². The van der Waals surface area contributed by atoms with E-state index in [9.17, 15) is 9.18 Å². The fraction of sp³-hybridized carbons (Fsp3) is 0. The van der Waals surface area contributed by atoms with E-state index in [1.165, 1.54) is 12.1 Å². The first-order chi connectivity index (χ1) is 9.68. The monoisotopic (exact) mass is 284 g/mol.